The maximum atomic E-state index is 12.4. The van der Waals surface area contributed by atoms with Gasteiger partial charge in [0.05, 0.1) is 0 Å². The number of nitrogens with one attached hydrogen (secondary N) is 2. The van der Waals surface area contributed by atoms with Gasteiger partial charge in [-0.3, -0.25) is 0 Å². The maximum absolute atomic E-state index is 12.4. The monoisotopic (exact) mass is 1270 g/mol. The van der Waals surface area contributed by atoms with Crippen LogP contribution in [0.25, 0.3) is 11.4 Å². The summed E-state index contributed by atoms with van der Waals surface area (Å²) in [5, 5.41) is 27.2. The van der Waals surface area contributed by atoms with E-state index in [-0.39, 0.29) is 166 Å². The van der Waals surface area contributed by atoms with Crippen LogP contribution in [0, 0.1) is 0 Å². The number of hydrogen-bond donors (Lipinski definition) is 2. The molecule has 2 amide bonds. The van der Waals surface area contributed by atoms with E-state index in [0.717, 1.165) is 0 Å². The Hall–Kier alpha value is -0.608. The van der Waals surface area contributed by atoms with Gasteiger partial charge in [-0.25, -0.2) is 0 Å². The topological polar surface area (TPSA) is 238 Å². The van der Waals surface area contributed by atoms with Crippen molar-refractivity contribution in [3.05, 3.63) is 108 Å². The predicted molar refractivity (Wildman–Crippen MR) is 212 cm³/mol. The van der Waals surface area contributed by atoms with E-state index >= 15 is 0 Å². The minimum absolute atomic E-state index is 0. The second kappa shape index (κ2) is 25.0. The fourth-order valence-corrected chi connectivity index (χ4v) is 7.85. The average molecular weight is 1270 g/mol. The van der Waals surface area contributed by atoms with Gasteiger partial charge < -0.3 is 0 Å². The van der Waals surface area contributed by atoms with E-state index in [9.17, 15) is 26.4 Å². The Labute approximate surface area is 474 Å². The van der Waals surface area contributed by atoms with Crippen LogP contribution in [0.5, 0.6) is 0 Å². The molecular formula is C30H18AuK2N12O6S6Se2-2. The van der Waals surface area contributed by atoms with Crippen molar-refractivity contribution in [3.63, 3.8) is 0 Å². The first kappa shape index (κ1) is 54.5. The van der Waals surface area contributed by atoms with Crippen molar-refractivity contribution in [1.82, 2.24) is 51.0 Å². The third-order valence-corrected chi connectivity index (χ3v) is 10.9. The van der Waals surface area contributed by atoms with Gasteiger partial charge in [-0.05, 0) is 0 Å². The summed E-state index contributed by atoms with van der Waals surface area (Å²) in [7, 11) is -7.93. The van der Waals surface area contributed by atoms with E-state index in [2.05, 4.69) is 107 Å². The summed E-state index contributed by atoms with van der Waals surface area (Å²) in [6, 6.07) is 25.0. The van der Waals surface area contributed by atoms with Gasteiger partial charge in [-0.2, -0.15) is 0 Å². The molecule has 0 saturated heterocycles. The molecule has 0 aliphatic rings. The molecule has 0 unspecified atom stereocenters. The van der Waals surface area contributed by atoms with Crippen LogP contribution in [-0.4, -0.2) is 111 Å². The van der Waals surface area contributed by atoms with Crippen molar-refractivity contribution in [1.29, 1.82) is 0 Å². The number of amidine groups is 2. The summed E-state index contributed by atoms with van der Waals surface area (Å²) in [6.45, 7) is 0. The fraction of sp³-hybridized carbons (Fsp3) is 0. The van der Waals surface area contributed by atoms with Crippen LogP contribution in [0.4, 0.5) is 11.4 Å². The summed E-state index contributed by atoms with van der Waals surface area (Å²) >= 11 is 24.2. The second-order valence-corrected chi connectivity index (χ2v) is 18.1. The van der Waals surface area contributed by atoms with Crippen molar-refractivity contribution in [2.45, 2.75) is 20.1 Å². The molecule has 2 N–H and O–H groups in total. The summed E-state index contributed by atoms with van der Waals surface area (Å²) in [5.74, 6) is -1.32. The zero-order valence-corrected chi connectivity index (χ0v) is 46.5. The standard InChI is InChI=1S/2C15H11N6O3S3Se.Au.2K/c2*22-13(11-6-1-2-7-12(11)27(23,24)26)17-14(28)16-9-4-3-5-10(8-9)21-15(25)18-19-20-21;;;/h2*1-8H,(H,16,17,22)(H,18,20,25)(H,23,24,26);;;/q;;;2*+1/p-4. The molecule has 0 saturated carbocycles. The number of benzene rings is 4. The molecule has 2 heterocycles. The molecule has 59 heavy (non-hydrogen) atoms. The zero-order chi connectivity index (χ0) is 40.6. The molecule has 297 valence electrons. The molecule has 3 radical (unpaired) electrons. The van der Waals surface area contributed by atoms with Gasteiger partial charge in [0, 0.05) is 22.4 Å². The first-order valence-corrected chi connectivity index (χ1v) is 22.2. The number of aliphatic imine (C=N–C) groups is 2. The van der Waals surface area contributed by atoms with Gasteiger partial charge in [-0.15, -0.1) is 0 Å². The Morgan fingerprint density at radius 3 is 1.27 bits per heavy atom. The van der Waals surface area contributed by atoms with Gasteiger partial charge in [-0.1, -0.05) is 0 Å². The molecular weight excluding hydrogens is 1250 g/mol. The molecule has 0 bridgehead atoms. The van der Waals surface area contributed by atoms with E-state index in [0.29, 0.717) is 22.7 Å². The normalized spacial score (nSPS) is 11.4. The molecule has 0 atom stereocenters. The van der Waals surface area contributed by atoms with Crippen LogP contribution in [0.3, 0.4) is 0 Å². The molecule has 0 aliphatic carbocycles. The number of tetrazole rings is 2. The van der Waals surface area contributed by atoms with E-state index in [1.54, 1.807) is 48.5 Å². The minimum atomic E-state index is -3.97. The molecule has 29 heteroatoms. The SMILES string of the molecule is O=C(NC([Se])=Nc1cccc(-n2nnnc2[S-])c1)c1ccccc1S(=O)(=O)[S-].O=C(NC([Se])=Nc1cccc(-n2nnnc2[S-])c1)c1ccccc1S(=O)(=O)[S-].[Au].[K+].[K+]. The van der Waals surface area contributed by atoms with Crippen LogP contribution in [0.1, 0.15) is 20.7 Å². The Morgan fingerprint density at radius 2 is 0.949 bits per heavy atom. The Balaban J connectivity index is 0.000000387. The van der Waals surface area contributed by atoms with Crippen molar-refractivity contribution >= 4 is 131 Å². The van der Waals surface area contributed by atoms with Gasteiger partial charge in [0.15, 0.2) is 0 Å². The molecule has 0 spiro atoms. The van der Waals surface area contributed by atoms with Crippen molar-refractivity contribution in [2.24, 2.45) is 9.98 Å². The summed E-state index contributed by atoms with van der Waals surface area (Å²) in [6.07, 6.45) is 0. The molecule has 4 aromatic carbocycles. The second-order valence-electron chi connectivity index (χ2n) is 10.4. The van der Waals surface area contributed by atoms with Crippen molar-refractivity contribution < 1.29 is 152 Å². The van der Waals surface area contributed by atoms with E-state index in [4.69, 9.17) is 25.3 Å². The molecule has 0 fully saturated rings. The fourth-order valence-electron chi connectivity index (χ4n) is 4.43. The molecule has 6 aromatic rings. The van der Waals surface area contributed by atoms with Crippen LogP contribution in [0.15, 0.2) is 127 Å². The van der Waals surface area contributed by atoms with E-state index in [1.165, 1.54) is 57.9 Å². The Bertz CT molecular complexity index is 2560. The maximum Gasteiger partial charge on any atom is 1.00 e. The zero-order valence-electron chi connectivity index (χ0n) is 29.7. The number of amides is 2. The number of rotatable bonds is 8. The molecule has 2 aromatic heterocycles. The number of carbonyl (C=O) groups excluding carboxylic acids is 2. The summed E-state index contributed by atoms with van der Waals surface area (Å²) in [5.41, 5.74) is 2.02. The first-order chi connectivity index (χ1) is 26.5. The molecule has 0 aliphatic heterocycles. The average Bonchev–Trinajstić information content (AvgIpc) is 3.78. The predicted octanol–water partition coefficient (Wildman–Crippen LogP) is -5.22. The number of nitrogens with zero attached hydrogens (tertiary/aromatic N) is 10. The molecule has 18 nitrogen and oxygen atoms in total. The van der Waals surface area contributed by atoms with Gasteiger partial charge >= 0.3 is 461 Å². The number of hydrogen-bond acceptors (Lipinski definition) is 18. The van der Waals surface area contributed by atoms with Gasteiger partial charge in [0.2, 0.25) is 0 Å². The van der Waals surface area contributed by atoms with Crippen molar-refractivity contribution in [2.75, 3.05) is 0 Å². The number of carbonyl (C=O) groups is 2. The van der Waals surface area contributed by atoms with E-state index in [1.807, 2.05) is 0 Å². The quantitative estimate of drug-likeness (QED) is 0.0477. The van der Waals surface area contributed by atoms with E-state index < -0.39 is 29.6 Å². The smallest absolute Gasteiger partial charge is 0 e. The van der Waals surface area contributed by atoms with Crippen LogP contribution >= 0.6 is 0 Å². The Kier molecular flexibility index (Phi) is 23.1. The van der Waals surface area contributed by atoms with Crippen LogP contribution < -0.4 is 113 Å². The first-order valence-electron chi connectivity index (χ1n) is 14.9. The molecule has 6 rings (SSSR count). The third-order valence-electron chi connectivity index (χ3n) is 6.73. The van der Waals surface area contributed by atoms with Crippen molar-refractivity contribution in [3.8, 4) is 11.4 Å². The summed E-state index contributed by atoms with van der Waals surface area (Å²) in [4.78, 5) is 32.9. The van der Waals surface area contributed by atoms with Gasteiger partial charge in [0.1, 0.15) is 0 Å². The largest absolute Gasteiger partial charge is 1.00 e. The summed E-state index contributed by atoms with van der Waals surface area (Å²) < 4.78 is 49.7. The van der Waals surface area contributed by atoms with Crippen LogP contribution in [0.2, 0.25) is 0 Å². The van der Waals surface area contributed by atoms with Gasteiger partial charge in [0.25, 0.3) is 0 Å². The Morgan fingerprint density at radius 1 is 0.593 bits per heavy atom. The van der Waals surface area contributed by atoms with Crippen LogP contribution in [-0.2, 0) is 88.7 Å². The number of aromatic nitrogens is 8. The third kappa shape index (κ3) is 15.9. The minimum Gasteiger partial charge on any atom is 0 e.